The van der Waals surface area contributed by atoms with Crippen LogP contribution in [0.3, 0.4) is 0 Å². The van der Waals surface area contributed by atoms with Crippen LogP contribution in [0.1, 0.15) is 58.3 Å². The van der Waals surface area contributed by atoms with Crippen LogP contribution >= 0.6 is 0 Å². The smallest absolute Gasteiger partial charge is 0.256 e. The van der Waals surface area contributed by atoms with Crippen molar-refractivity contribution in [1.29, 1.82) is 0 Å². The lowest BCUT2D eigenvalue weighted by atomic mass is 9.83. The molecule has 1 saturated heterocycles. The third-order valence-electron chi connectivity index (χ3n) is 9.40. The molecule has 1 aliphatic heterocycles. The third kappa shape index (κ3) is 7.97. The summed E-state index contributed by atoms with van der Waals surface area (Å²) in [5, 5.41) is 29.9. The summed E-state index contributed by atoms with van der Waals surface area (Å²) in [4.78, 5) is 15.7. The molecule has 7 rings (SSSR count). The number of hydrogen-bond acceptors (Lipinski definition) is 13. The maximum atomic E-state index is 12.7. The number of rotatable bonds is 12. The third-order valence-corrected chi connectivity index (χ3v) is 11.4. The fourth-order valence-corrected chi connectivity index (χ4v) is 7.77. The number of aliphatic hydroxyl groups is 1. The van der Waals surface area contributed by atoms with Gasteiger partial charge in [0.1, 0.15) is 24.4 Å². The van der Waals surface area contributed by atoms with Crippen molar-refractivity contribution < 1.29 is 22.7 Å². The lowest BCUT2D eigenvalue weighted by Crippen LogP contribution is -2.39. The Kier molecular flexibility index (Phi) is 9.44. The number of nitrogens with one attached hydrogen (secondary N) is 2. The van der Waals surface area contributed by atoms with Crippen molar-refractivity contribution in [3.63, 3.8) is 0 Å². The highest BCUT2D eigenvalue weighted by molar-refractivity contribution is 7.90. The largest absolute Gasteiger partial charge is 0.473 e. The Labute approximate surface area is 284 Å². The number of halogens is 1. The Hall–Kier alpha value is -4.28. The number of aromatic nitrogens is 7. The molecule has 0 unspecified atom stereocenters. The van der Waals surface area contributed by atoms with Gasteiger partial charge in [0.05, 0.1) is 34.5 Å². The molecule has 0 spiro atoms. The zero-order valence-corrected chi connectivity index (χ0v) is 28.2. The highest BCUT2D eigenvalue weighted by Crippen LogP contribution is 2.35. The molecule has 260 valence electrons. The van der Waals surface area contributed by atoms with Crippen LogP contribution in [0.5, 0.6) is 5.88 Å². The van der Waals surface area contributed by atoms with Crippen molar-refractivity contribution in [2.24, 2.45) is 0 Å². The summed E-state index contributed by atoms with van der Waals surface area (Å²) < 4.78 is 45.0. The Bertz CT molecular complexity index is 1850. The molecular formula is C33H41FN10O4S. The van der Waals surface area contributed by atoms with E-state index in [0.29, 0.717) is 66.8 Å². The van der Waals surface area contributed by atoms with E-state index in [2.05, 4.69) is 45.8 Å². The van der Waals surface area contributed by atoms with Gasteiger partial charge in [0, 0.05) is 61.5 Å². The number of nitrogens with zero attached hydrogens (tertiary/aromatic N) is 8. The second kappa shape index (κ2) is 13.9. The van der Waals surface area contributed by atoms with Crippen LogP contribution in [0, 0.1) is 0 Å². The molecule has 2 saturated carbocycles. The minimum absolute atomic E-state index is 0.0121. The molecule has 0 amide bonds. The summed E-state index contributed by atoms with van der Waals surface area (Å²) in [7, 11) is -3.50. The Balaban J connectivity index is 1.09. The summed E-state index contributed by atoms with van der Waals surface area (Å²) in [5.41, 5.74) is 2.00. The normalized spacial score (nSPS) is 22.1. The van der Waals surface area contributed by atoms with Gasteiger partial charge in [-0.1, -0.05) is 0 Å². The predicted octanol–water partition coefficient (Wildman–Crippen LogP) is 4.19. The zero-order chi connectivity index (χ0) is 34.0. The van der Waals surface area contributed by atoms with Crippen molar-refractivity contribution >= 4 is 27.3 Å². The fourth-order valence-electron chi connectivity index (χ4n) is 6.30. The van der Waals surface area contributed by atoms with Crippen LogP contribution in [0.15, 0.2) is 49.1 Å². The van der Waals surface area contributed by atoms with Gasteiger partial charge in [-0.15, -0.1) is 10.2 Å². The first-order valence-electron chi connectivity index (χ1n) is 16.8. The molecule has 2 aliphatic carbocycles. The molecule has 3 fully saturated rings. The number of pyridine rings is 1. The molecule has 14 nitrogen and oxygen atoms in total. The average Bonchev–Trinajstić information content (AvgIpc) is 3.84. The van der Waals surface area contributed by atoms with Gasteiger partial charge in [0.25, 0.3) is 10.0 Å². The van der Waals surface area contributed by atoms with Crippen molar-refractivity contribution in [3.05, 3.63) is 49.1 Å². The Morgan fingerprint density at radius 3 is 2.53 bits per heavy atom. The summed E-state index contributed by atoms with van der Waals surface area (Å²) in [6.45, 7) is 3.59. The van der Waals surface area contributed by atoms with Gasteiger partial charge in [-0.2, -0.15) is 9.19 Å². The molecule has 4 aromatic heterocycles. The fraction of sp³-hybridized carbons (Fsp3) is 0.515. The quantitative estimate of drug-likeness (QED) is 0.193. The van der Waals surface area contributed by atoms with Crippen LogP contribution in [-0.4, -0.2) is 102 Å². The second-order valence-corrected chi connectivity index (χ2v) is 15.4. The lowest BCUT2D eigenvalue weighted by Gasteiger charge is -2.34. The first kappa shape index (κ1) is 33.2. The molecule has 3 N–H and O–H groups in total. The minimum atomic E-state index is -3.50. The maximum absolute atomic E-state index is 12.7. The van der Waals surface area contributed by atoms with Gasteiger partial charge in [-0.05, 0) is 70.4 Å². The summed E-state index contributed by atoms with van der Waals surface area (Å²) in [6.07, 6.45) is 12.1. The maximum Gasteiger partial charge on any atom is 0.256 e. The van der Waals surface area contributed by atoms with E-state index in [1.807, 2.05) is 25.1 Å². The number of hydrogen-bond donors (Lipinski definition) is 3. The number of piperidine rings is 1. The highest BCUT2D eigenvalue weighted by atomic mass is 32.2. The van der Waals surface area contributed by atoms with Crippen molar-refractivity contribution in [3.8, 4) is 28.5 Å². The molecule has 0 aromatic carbocycles. The van der Waals surface area contributed by atoms with Gasteiger partial charge in [0.15, 0.2) is 5.82 Å². The highest BCUT2D eigenvalue weighted by Gasteiger charge is 2.38. The molecule has 5 heterocycles. The van der Waals surface area contributed by atoms with E-state index in [4.69, 9.17) is 4.74 Å². The van der Waals surface area contributed by atoms with Crippen LogP contribution in [0.25, 0.3) is 22.6 Å². The van der Waals surface area contributed by atoms with Crippen LogP contribution in [0.2, 0.25) is 0 Å². The van der Waals surface area contributed by atoms with E-state index in [1.54, 1.807) is 18.5 Å². The number of likely N-dealkylation sites (tertiary alicyclic amines) is 1. The molecule has 0 bridgehead atoms. The van der Waals surface area contributed by atoms with Crippen molar-refractivity contribution in [2.75, 3.05) is 36.9 Å². The minimum Gasteiger partial charge on any atom is -0.473 e. The molecule has 4 aromatic rings. The first-order chi connectivity index (χ1) is 23.6. The molecular weight excluding hydrogens is 651 g/mol. The Morgan fingerprint density at radius 2 is 1.82 bits per heavy atom. The molecule has 16 heteroatoms. The van der Waals surface area contributed by atoms with Gasteiger partial charge in [-0.25, -0.2) is 27.8 Å². The lowest BCUT2D eigenvalue weighted by molar-refractivity contribution is 0.0196. The van der Waals surface area contributed by atoms with Crippen LogP contribution < -0.4 is 15.4 Å². The van der Waals surface area contributed by atoms with E-state index >= 15 is 0 Å². The zero-order valence-electron chi connectivity index (χ0n) is 27.4. The van der Waals surface area contributed by atoms with Gasteiger partial charge >= 0.3 is 0 Å². The second-order valence-electron chi connectivity index (χ2n) is 13.4. The monoisotopic (exact) mass is 692 g/mol. The standard InChI is InChI=1S/C33H41FN10O4S/c1-33(45)11-6-23(7-12-33)38-28-18-30(39-29-8-14-35-32(40-29)22-19-37-44(21-22)49(46,47)25-2-3-25)36-20-26(28)27-4-5-31(42-41-27)48-24-9-15-43(16-10-24)17-13-34/h4-5,8,14,18-21,23-25,45H,2-3,6-7,9-13,15-17H2,1H3,(H2,35,36,38,39,40). The van der Waals surface area contributed by atoms with E-state index in [9.17, 15) is 17.9 Å². The summed E-state index contributed by atoms with van der Waals surface area (Å²) in [6, 6.07) is 7.41. The SMILES string of the molecule is CC1(O)CCC(Nc2cc(Nc3ccnc(-c4cnn(S(=O)(=O)C5CC5)c4)n3)ncc2-c2ccc(OC3CCN(CCF)CC3)nn2)CC1. The first-order valence-corrected chi connectivity index (χ1v) is 18.3. The van der Waals surface area contributed by atoms with Crippen molar-refractivity contribution in [1.82, 2.24) is 39.2 Å². The van der Waals surface area contributed by atoms with Gasteiger partial charge in [-0.3, -0.25) is 0 Å². The summed E-state index contributed by atoms with van der Waals surface area (Å²) >= 11 is 0. The summed E-state index contributed by atoms with van der Waals surface area (Å²) in [5.74, 6) is 1.77. The van der Waals surface area contributed by atoms with E-state index in [0.717, 1.165) is 54.1 Å². The topological polar surface area (TPSA) is 173 Å². The molecule has 3 aliphatic rings. The van der Waals surface area contributed by atoms with Crippen molar-refractivity contribution in [2.45, 2.75) is 81.3 Å². The van der Waals surface area contributed by atoms with E-state index < -0.39 is 15.6 Å². The van der Waals surface area contributed by atoms with Gasteiger partial charge < -0.3 is 25.4 Å². The molecule has 49 heavy (non-hydrogen) atoms. The Morgan fingerprint density at radius 1 is 1.02 bits per heavy atom. The predicted molar refractivity (Wildman–Crippen MR) is 182 cm³/mol. The average molecular weight is 693 g/mol. The number of alkyl halides is 1. The number of ether oxygens (including phenoxy) is 1. The van der Waals surface area contributed by atoms with Crippen LogP contribution in [-0.2, 0) is 10.0 Å². The van der Waals surface area contributed by atoms with E-state index in [-0.39, 0.29) is 24.1 Å². The molecule has 0 radical (unpaired) electrons. The van der Waals surface area contributed by atoms with E-state index in [1.165, 1.54) is 12.4 Å². The molecule has 0 atom stereocenters. The number of anilines is 3. The van der Waals surface area contributed by atoms with Gasteiger partial charge in [0.2, 0.25) is 5.88 Å². The van der Waals surface area contributed by atoms with Crippen LogP contribution in [0.4, 0.5) is 21.7 Å².